The smallest absolute Gasteiger partial charge is 0.326 e. The predicted molar refractivity (Wildman–Crippen MR) is 84.4 cm³/mol. The Kier molecular flexibility index (Phi) is 4.82. The van der Waals surface area contributed by atoms with Gasteiger partial charge in [-0.25, -0.2) is 4.79 Å². The second-order valence-electron chi connectivity index (χ2n) is 4.89. The van der Waals surface area contributed by atoms with Gasteiger partial charge in [-0.05, 0) is 55.8 Å². The zero-order valence-corrected chi connectivity index (χ0v) is 12.8. The van der Waals surface area contributed by atoms with Gasteiger partial charge in [-0.2, -0.15) is 5.26 Å². The normalized spacial score (nSPS) is 11.5. The van der Waals surface area contributed by atoms with Crippen LogP contribution in [-0.2, 0) is 4.79 Å². The molecule has 0 saturated carbocycles. The largest absolute Gasteiger partial charge is 0.494 e. The second kappa shape index (κ2) is 6.79. The Labute approximate surface area is 133 Å². The molecule has 2 rings (SSSR count). The van der Waals surface area contributed by atoms with Gasteiger partial charge in [0.1, 0.15) is 23.4 Å². The van der Waals surface area contributed by atoms with Crippen LogP contribution in [-0.4, -0.2) is 22.2 Å². The van der Waals surface area contributed by atoms with Crippen LogP contribution in [0.3, 0.4) is 0 Å². The topological polar surface area (TPSA) is 92.3 Å². The molecule has 0 fully saturated rings. The highest BCUT2D eigenvalue weighted by Gasteiger charge is 2.20. The number of aliphatic carboxylic acids is 1. The van der Waals surface area contributed by atoms with Gasteiger partial charge in [0.05, 0.1) is 12.3 Å². The van der Waals surface area contributed by atoms with Crippen LogP contribution in [0.15, 0.2) is 41.2 Å². The summed E-state index contributed by atoms with van der Waals surface area (Å²) in [5.74, 6) is -0.459. The molecule has 1 aromatic heterocycles. The molecule has 1 heterocycles. The van der Waals surface area contributed by atoms with Crippen molar-refractivity contribution in [2.45, 2.75) is 19.9 Å². The Morgan fingerprint density at radius 2 is 1.96 bits per heavy atom. The second-order valence-corrected chi connectivity index (χ2v) is 4.89. The zero-order valence-electron chi connectivity index (χ0n) is 12.8. The number of benzene rings is 1. The lowest BCUT2D eigenvalue weighted by atomic mass is 10.1. The van der Waals surface area contributed by atoms with Crippen molar-refractivity contribution in [3.05, 3.63) is 52.3 Å². The molecular formula is C17H16N2O4. The predicted octanol–water partition coefficient (Wildman–Crippen LogP) is 2.43. The number of carboxylic acids is 1. The van der Waals surface area contributed by atoms with Crippen LogP contribution in [0.5, 0.6) is 5.75 Å². The van der Waals surface area contributed by atoms with Gasteiger partial charge in [0, 0.05) is 0 Å². The quantitative estimate of drug-likeness (QED) is 0.915. The third-order valence-electron chi connectivity index (χ3n) is 3.44. The fourth-order valence-electron chi connectivity index (χ4n) is 2.26. The van der Waals surface area contributed by atoms with Crippen molar-refractivity contribution in [1.29, 1.82) is 5.26 Å². The molecule has 0 radical (unpaired) electrons. The number of nitriles is 1. The maximum absolute atomic E-state index is 12.4. The van der Waals surface area contributed by atoms with Gasteiger partial charge in [-0.1, -0.05) is 0 Å². The zero-order chi connectivity index (χ0) is 17.0. The SMILES string of the molecule is CCOc1ccc(-c2ccc(C#N)c(=O)n2C(C)C(=O)O)cc1. The van der Waals surface area contributed by atoms with Crippen molar-refractivity contribution >= 4 is 5.97 Å². The Balaban J connectivity index is 2.62. The van der Waals surface area contributed by atoms with Crippen LogP contribution in [0.25, 0.3) is 11.3 Å². The number of nitrogens with zero attached hydrogens (tertiary/aromatic N) is 2. The Morgan fingerprint density at radius 3 is 2.48 bits per heavy atom. The molecule has 0 amide bonds. The fraction of sp³-hybridized carbons (Fsp3) is 0.235. The summed E-state index contributed by atoms with van der Waals surface area (Å²) in [6.07, 6.45) is 0. The first-order chi connectivity index (χ1) is 11.0. The van der Waals surface area contributed by atoms with Crippen molar-refractivity contribution in [3.63, 3.8) is 0 Å². The average molecular weight is 312 g/mol. The minimum Gasteiger partial charge on any atom is -0.494 e. The highest BCUT2D eigenvalue weighted by Crippen LogP contribution is 2.24. The molecule has 2 aromatic rings. The van der Waals surface area contributed by atoms with E-state index in [1.54, 1.807) is 36.4 Å². The molecule has 6 nitrogen and oxygen atoms in total. The van der Waals surface area contributed by atoms with E-state index in [9.17, 15) is 14.7 Å². The van der Waals surface area contributed by atoms with Gasteiger partial charge in [0.15, 0.2) is 0 Å². The standard InChI is InChI=1S/C17H16N2O4/c1-3-23-14-7-4-12(5-8-14)15-9-6-13(10-18)16(20)19(15)11(2)17(21)22/h4-9,11H,3H2,1-2H3,(H,21,22). The Hall–Kier alpha value is -3.07. The molecule has 0 aliphatic heterocycles. The third-order valence-corrected chi connectivity index (χ3v) is 3.44. The van der Waals surface area contributed by atoms with Crippen LogP contribution in [0.1, 0.15) is 25.5 Å². The molecule has 0 bridgehead atoms. The average Bonchev–Trinajstić information content (AvgIpc) is 2.55. The number of rotatable bonds is 5. The monoisotopic (exact) mass is 312 g/mol. The highest BCUT2D eigenvalue weighted by molar-refractivity contribution is 5.73. The number of hydrogen-bond donors (Lipinski definition) is 1. The number of ether oxygens (including phenoxy) is 1. The molecule has 23 heavy (non-hydrogen) atoms. The van der Waals surface area contributed by atoms with E-state index in [4.69, 9.17) is 10.00 Å². The van der Waals surface area contributed by atoms with Crippen LogP contribution >= 0.6 is 0 Å². The number of aromatic nitrogens is 1. The maximum atomic E-state index is 12.4. The van der Waals surface area contributed by atoms with Gasteiger partial charge in [-0.3, -0.25) is 9.36 Å². The molecule has 1 atom stereocenters. The van der Waals surface area contributed by atoms with Crippen LogP contribution < -0.4 is 10.3 Å². The molecule has 118 valence electrons. The summed E-state index contributed by atoms with van der Waals surface area (Å²) in [7, 11) is 0. The van der Waals surface area contributed by atoms with Crippen molar-refractivity contribution in [2.75, 3.05) is 6.61 Å². The summed E-state index contributed by atoms with van der Waals surface area (Å²) in [5, 5.41) is 18.2. The van der Waals surface area contributed by atoms with Gasteiger partial charge in [-0.15, -0.1) is 0 Å². The first-order valence-electron chi connectivity index (χ1n) is 7.11. The van der Waals surface area contributed by atoms with E-state index >= 15 is 0 Å². The van der Waals surface area contributed by atoms with Crippen LogP contribution in [0.4, 0.5) is 0 Å². The van der Waals surface area contributed by atoms with E-state index in [1.165, 1.54) is 13.0 Å². The molecule has 0 aliphatic carbocycles. The van der Waals surface area contributed by atoms with Crippen molar-refractivity contribution in [3.8, 4) is 23.1 Å². The summed E-state index contributed by atoms with van der Waals surface area (Å²) >= 11 is 0. The highest BCUT2D eigenvalue weighted by atomic mass is 16.5. The minimum atomic E-state index is -1.14. The number of hydrogen-bond acceptors (Lipinski definition) is 4. The first-order valence-corrected chi connectivity index (χ1v) is 7.11. The molecule has 0 saturated heterocycles. The van der Waals surface area contributed by atoms with Crippen molar-refractivity contribution in [1.82, 2.24) is 4.57 Å². The molecule has 0 spiro atoms. The van der Waals surface area contributed by atoms with Crippen LogP contribution in [0, 0.1) is 11.3 Å². The van der Waals surface area contributed by atoms with Crippen molar-refractivity contribution in [2.24, 2.45) is 0 Å². The summed E-state index contributed by atoms with van der Waals surface area (Å²) < 4.78 is 6.49. The van der Waals surface area contributed by atoms with E-state index in [0.29, 0.717) is 23.6 Å². The summed E-state index contributed by atoms with van der Waals surface area (Å²) in [5.41, 5.74) is 0.400. The summed E-state index contributed by atoms with van der Waals surface area (Å²) in [6, 6.07) is 10.7. The minimum absolute atomic E-state index is 0.0900. The van der Waals surface area contributed by atoms with Crippen molar-refractivity contribution < 1.29 is 14.6 Å². The lowest BCUT2D eigenvalue weighted by Crippen LogP contribution is -2.30. The maximum Gasteiger partial charge on any atom is 0.326 e. The first kappa shape index (κ1) is 16.3. The van der Waals surface area contributed by atoms with E-state index in [-0.39, 0.29) is 5.56 Å². The van der Waals surface area contributed by atoms with Gasteiger partial charge < -0.3 is 9.84 Å². The summed E-state index contributed by atoms with van der Waals surface area (Å²) in [4.78, 5) is 23.7. The number of carbonyl (C=O) groups is 1. The molecule has 1 unspecified atom stereocenters. The van der Waals surface area contributed by atoms with E-state index in [0.717, 1.165) is 4.57 Å². The molecule has 6 heteroatoms. The molecule has 1 aromatic carbocycles. The van der Waals surface area contributed by atoms with Gasteiger partial charge in [0.25, 0.3) is 5.56 Å². The molecule has 1 N–H and O–H groups in total. The molecule has 0 aliphatic rings. The van der Waals surface area contributed by atoms with E-state index < -0.39 is 17.6 Å². The van der Waals surface area contributed by atoms with Gasteiger partial charge >= 0.3 is 5.97 Å². The lowest BCUT2D eigenvalue weighted by Gasteiger charge is -2.17. The number of carboxylic acid groups (broad SMARTS) is 1. The fourth-order valence-corrected chi connectivity index (χ4v) is 2.26. The Morgan fingerprint density at radius 1 is 1.30 bits per heavy atom. The number of pyridine rings is 1. The Bertz CT molecular complexity index is 816. The van der Waals surface area contributed by atoms with E-state index in [1.807, 2.05) is 6.92 Å². The lowest BCUT2D eigenvalue weighted by molar-refractivity contribution is -0.140. The van der Waals surface area contributed by atoms with E-state index in [2.05, 4.69) is 0 Å². The third kappa shape index (κ3) is 3.24. The summed E-state index contributed by atoms with van der Waals surface area (Å²) in [6.45, 7) is 3.82. The van der Waals surface area contributed by atoms with Gasteiger partial charge in [0.2, 0.25) is 0 Å². The van der Waals surface area contributed by atoms with Crippen LogP contribution in [0.2, 0.25) is 0 Å². The molecular weight excluding hydrogens is 296 g/mol.